The first-order valence-corrected chi connectivity index (χ1v) is 11.8. The van der Waals surface area contributed by atoms with Crippen molar-refractivity contribution in [3.63, 3.8) is 0 Å². The van der Waals surface area contributed by atoms with Gasteiger partial charge in [0.25, 0.3) is 0 Å². The molecule has 2 aromatic rings. The third-order valence-electron chi connectivity index (χ3n) is 4.21. The van der Waals surface area contributed by atoms with E-state index in [-0.39, 0.29) is 29.7 Å². The van der Waals surface area contributed by atoms with Crippen LogP contribution in [0.1, 0.15) is 19.8 Å². The van der Waals surface area contributed by atoms with Crippen LogP contribution < -0.4 is 15.8 Å². The number of nitrogens with one attached hydrogen (secondary N) is 2. The van der Waals surface area contributed by atoms with E-state index in [0.29, 0.717) is 34.5 Å². The molecule has 0 radical (unpaired) electrons. The molecule has 4 N–H and O–H groups in total. The van der Waals surface area contributed by atoms with Gasteiger partial charge in [-0.3, -0.25) is 14.5 Å². The number of amides is 2. The number of carbonyl (C=O) groups is 2. The Morgan fingerprint density at radius 3 is 2.42 bits per heavy atom. The lowest BCUT2D eigenvalue weighted by atomic mass is 10.2. The third kappa shape index (κ3) is 8.47. The molecule has 0 fully saturated rings. The molecule has 0 aliphatic carbocycles. The summed E-state index contributed by atoms with van der Waals surface area (Å²) in [7, 11) is -3.86. The molecule has 0 spiro atoms. The highest BCUT2D eigenvalue weighted by molar-refractivity contribution is 7.89. The summed E-state index contributed by atoms with van der Waals surface area (Å²) >= 11 is 11.9. The fraction of sp³-hybridized carbons (Fsp3) is 0.300. The van der Waals surface area contributed by atoms with Crippen molar-refractivity contribution in [2.45, 2.75) is 24.7 Å². The van der Waals surface area contributed by atoms with E-state index in [1.807, 2.05) is 11.8 Å². The molecule has 0 saturated carbocycles. The first-order chi connectivity index (χ1) is 14.6. The van der Waals surface area contributed by atoms with E-state index in [9.17, 15) is 18.0 Å². The minimum atomic E-state index is -3.86. The quantitative estimate of drug-likeness (QED) is 0.475. The molecule has 0 aliphatic rings. The summed E-state index contributed by atoms with van der Waals surface area (Å²) in [5, 5.41) is 11.3. The van der Waals surface area contributed by atoms with Crippen LogP contribution in [-0.4, -0.2) is 44.8 Å². The summed E-state index contributed by atoms with van der Waals surface area (Å²) in [6.45, 7) is 3.02. The fourth-order valence-electron chi connectivity index (χ4n) is 2.80. The van der Waals surface area contributed by atoms with Crippen molar-refractivity contribution in [1.29, 1.82) is 0 Å². The van der Waals surface area contributed by atoms with Gasteiger partial charge in [0.15, 0.2) is 0 Å². The zero-order valence-electron chi connectivity index (χ0n) is 16.9. The van der Waals surface area contributed by atoms with Crippen LogP contribution in [0.5, 0.6) is 0 Å². The van der Waals surface area contributed by atoms with Crippen LogP contribution >= 0.6 is 23.2 Å². The largest absolute Gasteiger partial charge is 0.326 e. The van der Waals surface area contributed by atoms with Gasteiger partial charge in [-0.25, -0.2) is 13.6 Å². The topological polar surface area (TPSA) is 122 Å². The van der Waals surface area contributed by atoms with Crippen LogP contribution in [0.25, 0.3) is 0 Å². The highest BCUT2D eigenvalue weighted by Gasteiger charge is 2.14. The molecule has 0 saturated heterocycles. The molecule has 0 bridgehead atoms. The standard InChI is InChI=1S/C20H24Cl2N4O4S/c1-2-9-26(13-20(28)25-18-7-6-14(21)11-17(18)22)10-8-19(27)24-15-4-3-5-16(12-15)31(23,29)30/h3-7,11-12H,2,8-10,13H2,1H3,(H,24,27)(H,25,28)(H2,23,29,30). The third-order valence-corrected chi connectivity index (χ3v) is 5.67. The molecule has 31 heavy (non-hydrogen) atoms. The number of benzene rings is 2. The van der Waals surface area contributed by atoms with Crippen LogP contribution in [0, 0.1) is 0 Å². The van der Waals surface area contributed by atoms with Crippen molar-refractivity contribution in [3.05, 3.63) is 52.5 Å². The molecule has 2 aromatic carbocycles. The van der Waals surface area contributed by atoms with Crippen LogP contribution in [0.3, 0.4) is 0 Å². The smallest absolute Gasteiger partial charge is 0.238 e. The Hall–Kier alpha value is -2.17. The molecule has 2 amide bonds. The molecule has 168 valence electrons. The van der Waals surface area contributed by atoms with Gasteiger partial charge >= 0.3 is 0 Å². The molecule has 0 atom stereocenters. The predicted octanol–water partition coefficient (Wildman–Crippen LogP) is 3.32. The van der Waals surface area contributed by atoms with Gasteiger partial charge in [-0.15, -0.1) is 0 Å². The van der Waals surface area contributed by atoms with E-state index >= 15 is 0 Å². The zero-order valence-corrected chi connectivity index (χ0v) is 19.2. The Balaban J connectivity index is 1.91. The molecular formula is C20H24Cl2N4O4S. The molecule has 0 unspecified atom stereocenters. The second-order valence-corrected chi connectivity index (χ2v) is 9.22. The minimum absolute atomic E-state index is 0.0843. The van der Waals surface area contributed by atoms with Crippen molar-refractivity contribution in [2.24, 2.45) is 5.14 Å². The van der Waals surface area contributed by atoms with Gasteiger partial charge in [-0.05, 0) is 49.4 Å². The summed E-state index contributed by atoms with van der Waals surface area (Å²) in [6, 6.07) is 10.5. The molecule has 8 nitrogen and oxygen atoms in total. The van der Waals surface area contributed by atoms with Gasteiger partial charge in [-0.1, -0.05) is 36.2 Å². The fourth-order valence-corrected chi connectivity index (χ4v) is 3.82. The van der Waals surface area contributed by atoms with Gasteiger partial charge in [0.2, 0.25) is 21.8 Å². The van der Waals surface area contributed by atoms with Gasteiger partial charge in [0.05, 0.1) is 22.2 Å². The maximum Gasteiger partial charge on any atom is 0.238 e. The molecular weight excluding hydrogens is 463 g/mol. The van der Waals surface area contributed by atoms with E-state index in [1.165, 1.54) is 24.3 Å². The van der Waals surface area contributed by atoms with Gasteiger partial charge in [-0.2, -0.15) is 0 Å². The van der Waals surface area contributed by atoms with E-state index in [4.69, 9.17) is 28.3 Å². The average Bonchev–Trinajstić information content (AvgIpc) is 2.68. The van der Waals surface area contributed by atoms with Crippen LogP contribution in [0.15, 0.2) is 47.4 Å². The predicted molar refractivity (Wildman–Crippen MR) is 123 cm³/mol. The van der Waals surface area contributed by atoms with Crippen LogP contribution in [0.4, 0.5) is 11.4 Å². The Morgan fingerprint density at radius 1 is 1.03 bits per heavy atom. The summed E-state index contributed by atoms with van der Waals surface area (Å²) in [5.41, 5.74) is 0.786. The number of nitrogens with zero attached hydrogens (tertiary/aromatic N) is 1. The lowest BCUT2D eigenvalue weighted by molar-refractivity contribution is -0.119. The van der Waals surface area contributed by atoms with Crippen LogP contribution in [-0.2, 0) is 19.6 Å². The Bertz CT molecular complexity index is 1050. The highest BCUT2D eigenvalue weighted by Crippen LogP contribution is 2.25. The maximum absolute atomic E-state index is 12.4. The van der Waals surface area contributed by atoms with Crippen LogP contribution in [0.2, 0.25) is 10.0 Å². The molecule has 0 aromatic heterocycles. The normalized spacial score (nSPS) is 11.4. The molecule has 0 aliphatic heterocycles. The van der Waals surface area contributed by atoms with Crippen molar-refractivity contribution >= 4 is 56.4 Å². The number of nitrogens with two attached hydrogens (primary N) is 1. The first-order valence-electron chi connectivity index (χ1n) is 9.48. The van der Waals surface area contributed by atoms with Gasteiger partial charge < -0.3 is 10.6 Å². The number of hydrogen-bond acceptors (Lipinski definition) is 5. The second-order valence-electron chi connectivity index (χ2n) is 6.82. The number of hydrogen-bond donors (Lipinski definition) is 3. The van der Waals surface area contributed by atoms with E-state index in [0.717, 1.165) is 6.42 Å². The molecule has 2 rings (SSSR count). The van der Waals surface area contributed by atoms with E-state index in [2.05, 4.69) is 10.6 Å². The molecule has 11 heteroatoms. The monoisotopic (exact) mass is 486 g/mol. The lowest BCUT2D eigenvalue weighted by Gasteiger charge is -2.21. The maximum atomic E-state index is 12.4. The van der Waals surface area contributed by atoms with E-state index in [1.54, 1.807) is 18.2 Å². The zero-order chi connectivity index (χ0) is 23.0. The van der Waals surface area contributed by atoms with Crippen molar-refractivity contribution in [2.75, 3.05) is 30.3 Å². The SMILES string of the molecule is CCCN(CCC(=O)Nc1cccc(S(N)(=O)=O)c1)CC(=O)Nc1ccc(Cl)cc1Cl. The summed E-state index contributed by atoms with van der Waals surface area (Å²) in [5.74, 6) is -0.576. The summed E-state index contributed by atoms with van der Waals surface area (Å²) in [4.78, 5) is 26.4. The average molecular weight is 487 g/mol. The molecule has 0 heterocycles. The second kappa shape index (κ2) is 11.4. The Labute approximate surface area is 191 Å². The van der Waals surface area contributed by atoms with Gasteiger partial charge in [0, 0.05) is 23.7 Å². The number of halogens is 2. The van der Waals surface area contributed by atoms with Crippen molar-refractivity contribution in [3.8, 4) is 0 Å². The van der Waals surface area contributed by atoms with Crippen molar-refractivity contribution < 1.29 is 18.0 Å². The Kier molecular flexibility index (Phi) is 9.27. The lowest BCUT2D eigenvalue weighted by Crippen LogP contribution is -2.36. The van der Waals surface area contributed by atoms with E-state index < -0.39 is 10.0 Å². The highest BCUT2D eigenvalue weighted by atomic mass is 35.5. The number of primary sulfonamides is 1. The number of carbonyl (C=O) groups excluding carboxylic acids is 2. The first kappa shape index (κ1) is 25.1. The summed E-state index contributed by atoms with van der Waals surface area (Å²) < 4.78 is 22.9. The Morgan fingerprint density at radius 2 is 1.77 bits per heavy atom. The number of sulfonamides is 1. The number of anilines is 2. The number of rotatable bonds is 10. The minimum Gasteiger partial charge on any atom is -0.326 e. The van der Waals surface area contributed by atoms with Gasteiger partial charge in [0.1, 0.15) is 0 Å². The summed E-state index contributed by atoms with van der Waals surface area (Å²) in [6.07, 6.45) is 0.918. The van der Waals surface area contributed by atoms with Crippen molar-refractivity contribution in [1.82, 2.24) is 4.90 Å².